The molecule has 4 rings (SSSR count). The summed E-state index contributed by atoms with van der Waals surface area (Å²) >= 11 is 0. The first-order chi connectivity index (χ1) is 9.65. The number of fused-ring (bicyclic) bond motifs is 4. The lowest BCUT2D eigenvalue weighted by Crippen LogP contribution is -2.06. The van der Waals surface area contributed by atoms with Gasteiger partial charge in [-0.15, -0.1) is 0 Å². The fourth-order valence-electron chi connectivity index (χ4n) is 2.46. The third kappa shape index (κ3) is 1.30. The number of aromatic amines is 1. The average Bonchev–Trinajstić information content (AvgIpc) is 2.89. The summed E-state index contributed by atoms with van der Waals surface area (Å²) < 4.78 is 10.6. The van der Waals surface area contributed by atoms with Gasteiger partial charge >= 0.3 is 0 Å². The van der Waals surface area contributed by atoms with E-state index in [1.807, 2.05) is 0 Å². The van der Waals surface area contributed by atoms with Crippen molar-refractivity contribution in [1.82, 2.24) is 4.98 Å². The minimum Gasteiger partial charge on any atom is -0.504 e. The number of hydrogen-bond donors (Lipinski definition) is 3. The Kier molecular flexibility index (Phi) is 1.96. The number of phenolic OH excluding ortho intramolecular Hbond substituents is 2. The number of ether oxygens (including phenoxy) is 2. The first-order valence-corrected chi connectivity index (χ1v) is 5.95. The molecule has 3 aromatic rings. The van der Waals surface area contributed by atoms with E-state index < -0.39 is 0 Å². The topological polar surface area (TPSA) is 91.8 Å². The molecular weight excluding hydrogens is 262 g/mol. The summed E-state index contributed by atoms with van der Waals surface area (Å²) in [5.74, 6) is 0.440. The van der Waals surface area contributed by atoms with Gasteiger partial charge in [0.1, 0.15) is 0 Å². The van der Waals surface area contributed by atoms with Crippen molar-refractivity contribution in [2.75, 3.05) is 6.79 Å². The molecule has 0 radical (unpaired) electrons. The molecule has 0 amide bonds. The highest BCUT2D eigenvalue weighted by Gasteiger charge is 2.18. The minimum absolute atomic E-state index is 0.119. The van der Waals surface area contributed by atoms with Crippen LogP contribution in [0.5, 0.6) is 23.0 Å². The molecule has 0 unspecified atom stereocenters. The van der Waals surface area contributed by atoms with Crippen LogP contribution in [0.1, 0.15) is 0 Å². The molecule has 1 aliphatic heterocycles. The van der Waals surface area contributed by atoms with E-state index in [-0.39, 0.29) is 29.4 Å². The standard InChI is InChI=1S/C14H9NO5/c16-9-2-1-6-7-3-10-11(20-5-19-10)4-8(7)14(18)15-12(6)13(9)17/h1-4,16-17H,5H2,(H,15,18). The van der Waals surface area contributed by atoms with Gasteiger partial charge in [0.2, 0.25) is 6.79 Å². The highest BCUT2D eigenvalue weighted by molar-refractivity contribution is 6.08. The zero-order chi connectivity index (χ0) is 13.9. The molecule has 0 bridgehead atoms. The predicted octanol–water partition coefficient (Wildman–Crippen LogP) is 1.82. The Morgan fingerprint density at radius 2 is 1.70 bits per heavy atom. The largest absolute Gasteiger partial charge is 0.504 e. The molecule has 20 heavy (non-hydrogen) atoms. The van der Waals surface area contributed by atoms with Crippen LogP contribution in [0.25, 0.3) is 21.7 Å². The fourth-order valence-corrected chi connectivity index (χ4v) is 2.46. The van der Waals surface area contributed by atoms with Gasteiger partial charge in [-0.25, -0.2) is 0 Å². The van der Waals surface area contributed by atoms with Crippen LogP contribution in [0.2, 0.25) is 0 Å². The molecule has 1 aliphatic rings. The second-order valence-corrected chi connectivity index (χ2v) is 4.56. The van der Waals surface area contributed by atoms with Crippen molar-refractivity contribution in [3.63, 3.8) is 0 Å². The van der Waals surface area contributed by atoms with Crippen LogP contribution < -0.4 is 15.0 Å². The number of nitrogens with one attached hydrogen (secondary N) is 1. The van der Waals surface area contributed by atoms with Crippen LogP contribution in [0.3, 0.4) is 0 Å². The first-order valence-electron chi connectivity index (χ1n) is 5.95. The number of pyridine rings is 1. The number of hydrogen-bond acceptors (Lipinski definition) is 5. The highest BCUT2D eigenvalue weighted by atomic mass is 16.7. The maximum atomic E-state index is 12.1. The molecule has 3 N–H and O–H groups in total. The Balaban J connectivity index is 2.25. The van der Waals surface area contributed by atoms with Gasteiger partial charge in [0, 0.05) is 10.8 Å². The number of H-pyrrole nitrogens is 1. The van der Waals surface area contributed by atoms with E-state index in [2.05, 4.69) is 4.98 Å². The molecule has 6 heteroatoms. The van der Waals surface area contributed by atoms with E-state index >= 15 is 0 Å². The number of aromatic nitrogens is 1. The van der Waals surface area contributed by atoms with Crippen LogP contribution in [0.4, 0.5) is 0 Å². The summed E-state index contributed by atoms with van der Waals surface area (Å²) in [5.41, 5.74) is -0.173. The maximum Gasteiger partial charge on any atom is 0.256 e. The lowest BCUT2D eigenvalue weighted by Gasteiger charge is -2.07. The van der Waals surface area contributed by atoms with Crippen LogP contribution in [-0.2, 0) is 0 Å². The normalized spacial score (nSPS) is 13.2. The van der Waals surface area contributed by atoms with Crippen molar-refractivity contribution < 1.29 is 19.7 Å². The molecule has 0 spiro atoms. The van der Waals surface area contributed by atoms with Gasteiger partial charge in [-0.2, -0.15) is 0 Å². The molecule has 2 heterocycles. The van der Waals surface area contributed by atoms with Crippen LogP contribution in [-0.4, -0.2) is 22.0 Å². The Morgan fingerprint density at radius 1 is 1.00 bits per heavy atom. The molecule has 100 valence electrons. The Labute approximate surface area is 111 Å². The number of aromatic hydroxyl groups is 2. The van der Waals surface area contributed by atoms with Gasteiger partial charge in [0.15, 0.2) is 23.0 Å². The number of benzene rings is 2. The SMILES string of the molecule is O=c1[nH]c2c(O)c(O)ccc2c2cc3c(cc12)OCO3. The summed E-state index contributed by atoms with van der Waals surface area (Å²) in [4.78, 5) is 14.7. The third-order valence-corrected chi connectivity index (χ3v) is 3.44. The van der Waals surface area contributed by atoms with Crippen LogP contribution in [0.15, 0.2) is 29.1 Å². The Bertz CT molecular complexity index is 928. The van der Waals surface area contributed by atoms with E-state index in [4.69, 9.17) is 9.47 Å². The maximum absolute atomic E-state index is 12.1. The number of rotatable bonds is 0. The van der Waals surface area contributed by atoms with Crippen molar-refractivity contribution >= 4 is 21.7 Å². The monoisotopic (exact) mass is 271 g/mol. The van der Waals surface area contributed by atoms with Crippen molar-refractivity contribution in [3.8, 4) is 23.0 Å². The lowest BCUT2D eigenvalue weighted by molar-refractivity contribution is 0.174. The van der Waals surface area contributed by atoms with Crippen molar-refractivity contribution in [1.29, 1.82) is 0 Å². The van der Waals surface area contributed by atoms with Crippen molar-refractivity contribution in [2.24, 2.45) is 0 Å². The predicted molar refractivity (Wildman–Crippen MR) is 71.5 cm³/mol. The van der Waals surface area contributed by atoms with E-state index in [1.54, 1.807) is 18.2 Å². The van der Waals surface area contributed by atoms with Crippen molar-refractivity contribution in [2.45, 2.75) is 0 Å². The van der Waals surface area contributed by atoms with Gasteiger partial charge in [-0.3, -0.25) is 4.79 Å². The molecule has 0 atom stereocenters. The van der Waals surface area contributed by atoms with E-state index in [9.17, 15) is 15.0 Å². The minimum atomic E-state index is -0.369. The highest BCUT2D eigenvalue weighted by Crippen LogP contribution is 2.39. The van der Waals surface area contributed by atoms with Crippen molar-refractivity contribution in [3.05, 3.63) is 34.6 Å². The average molecular weight is 271 g/mol. The zero-order valence-electron chi connectivity index (χ0n) is 10.1. The number of phenols is 2. The lowest BCUT2D eigenvalue weighted by atomic mass is 10.0. The second kappa shape index (κ2) is 3.57. The van der Waals surface area contributed by atoms with Gasteiger partial charge in [0.25, 0.3) is 5.56 Å². The summed E-state index contributed by atoms with van der Waals surface area (Å²) in [6.45, 7) is 0.119. The molecule has 0 fully saturated rings. The molecule has 0 aliphatic carbocycles. The molecule has 2 aromatic carbocycles. The summed E-state index contributed by atoms with van der Waals surface area (Å²) in [6, 6.07) is 6.32. The molecule has 0 saturated heterocycles. The van der Waals surface area contributed by atoms with Crippen LogP contribution >= 0.6 is 0 Å². The quantitative estimate of drug-likeness (QED) is 0.428. The first kappa shape index (κ1) is 11.0. The summed E-state index contributed by atoms with van der Waals surface area (Å²) in [6.07, 6.45) is 0. The molecule has 6 nitrogen and oxygen atoms in total. The van der Waals surface area contributed by atoms with E-state index in [0.717, 1.165) is 0 Å². The molecule has 1 aromatic heterocycles. The fraction of sp³-hybridized carbons (Fsp3) is 0.0714. The zero-order valence-corrected chi connectivity index (χ0v) is 10.1. The van der Waals surface area contributed by atoms with Gasteiger partial charge in [-0.05, 0) is 24.3 Å². The van der Waals surface area contributed by atoms with Crippen LogP contribution in [0, 0.1) is 0 Å². The van der Waals surface area contributed by atoms with Gasteiger partial charge < -0.3 is 24.7 Å². The van der Waals surface area contributed by atoms with Gasteiger partial charge in [0.05, 0.1) is 10.9 Å². The second-order valence-electron chi connectivity index (χ2n) is 4.56. The third-order valence-electron chi connectivity index (χ3n) is 3.44. The summed E-state index contributed by atoms with van der Waals surface area (Å²) in [7, 11) is 0. The Morgan fingerprint density at radius 3 is 2.45 bits per heavy atom. The molecular formula is C14H9NO5. The van der Waals surface area contributed by atoms with Gasteiger partial charge in [-0.1, -0.05) is 0 Å². The van der Waals surface area contributed by atoms with E-state index in [1.165, 1.54) is 6.07 Å². The summed E-state index contributed by atoms with van der Waals surface area (Å²) in [5, 5.41) is 21.1. The molecule has 0 saturated carbocycles. The van der Waals surface area contributed by atoms with E-state index in [0.29, 0.717) is 27.7 Å². The smallest absolute Gasteiger partial charge is 0.256 e. The Hall–Kier alpha value is -2.89.